The lowest BCUT2D eigenvalue weighted by atomic mass is 10.1. The number of carbonyl (C=O) groups excluding carboxylic acids is 2. The molecule has 1 aromatic carbocycles. The van der Waals surface area contributed by atoms with E-state index in [1.165, 1.54) is 6.26 Å². The van der Waals surface area contributed by atoms with E-state index in [-0.39, 0.29) is 11.8 Å². The molecule has 0 saturated carbocycles. The van der Waals surface area contributed by atoms with Crippen molar-refractivity contribution in [3.63, 3.8) is 0 Å². The van der Waals surface area contributed by atoms with Gasteiger partial charge in [0.1, 0.15) is 11.4 Å². The van der Waals surface area contributed by atoms with E-state index in [0.717, 1.165) is 11.3 Å². The van der Waals surface area contributed by atoms with Gasteiger partial charge in [-0.15, -0.1) is 0 Å². The Balaban J connectivity index is 1.34. The van der Waals surface area contributed by atoms with Crippen LogP contribution in [0.4, 0.5) is 0 Å². The molecule has 2 amide bonds. The molecular weight excluding hydrogens is 382 g/mol. The van der Waals surface area contributed by atoms with Gasteiger partial charge in [-0.05, 0) is 12.1 Å². The number of aromatic nitrogens is 3. The molecule has 0 radical (unpaired) electrons. The summed E-state index contributed by atoms with van der Waals surface area (Å²) in [4.78, 5) is 37.9. The maximum Gasteiger partial charge on any atom is 0.289 e. The lowest BCUT2D eigenvalue weighted by Gasteiger charge is -2.33. The Hall–Kier alpha value is -3.94. The SMILES string of the molecule is O=C(c1cn2ccnc(-c3ccccc3)c2n1)N1CCN(C(=O)c2ccco2)CC1. The second kappa shape index (κ2) is 7.47. The van der Waals surface area contributed by atoms with Gasteiger partial charge in [-0.2, -0.15) is 0 Å². The highest BCUT2D eigenvalue weighted by Gasteiger charge is 2.28. The highest BCUT2D eigenvalue weighted by atomic mass is 16.3. The number of rotatable bonds is 3. The van der Waals surface area contributed by atoms with Crippen molar-refractivity contribution in [2.24, 2.45) is 0 Å². The molecular formula is C22H19N5O3. The number of hydrogen-bond donors (Lipinski definition) is 0. The van der Waals surface area contributed by atoms with Crippen LogP contribution in [0.25, 0.3) is 16.9 Å². The van der Waals surface area contributed by atoms with Crippen molar-refractivity contribution in [2.45, 2.75) is 0 Å². The number of fused-ring (bicyclic) bond motifs is 1. The summed E-state index contributed by atoms with van der Waals surface area (Å²) < 4.78 is 7.00. The molecule has 3 aromatic heterocycles. The van der Waals surface area contributed by atoms with Crippen LogP contribution in [0.15, 0.2) is 71.7 Å². The zero-order valence-electron chi connectivity index (χ0n) is 16.1. The molecule has 0 atom stereocenters. The van der Waals surface area contributed by atoms with Gasteiger partial charge in [0.05, 0.1) is 6.26 Å². The number of imidazole rings is 1. The monoisotopic (exact) mass is 401 g/mol. The minimum absolute atomic E-state index is 0.150. The normalized spacial score (nSPS) is 14.3. The average molecular weight is 401 g/mol. The molecule has 30 heavy (non-hydrogen) atoms. The molecule has 1 aliphatic heterocycles. The smallest absolute Gasteiger partial charge is 0.289 e. The van der Waals surface area contributed by atoms with Crippen molar-refractivity contribution in [2.75, 3.05) is 26.2 Å². The van der Waals surface area contributed by atoms with Crippen LogP contribution < -0.4 is 0 Å². The summed E-state index contributed by atoms with van der Waals surface area (Å²) >= 11 is 0. The van der Waals surface area contributed by atoms with Crippen molar-refractivity contribution in [3.8, 4) is 11.3 Å². The van der Waals surface area contributed by atoms with Gasteiger partial charge in [-0.1, -0.05) is 30.3 Å². The standard InChI is InChI=1S/C22H19N5O3/c28-21(25-10-12-26(13-11-25)22(29)18-7-4-14-30-18)17-15-27-9-8-23-19(20(27)24-17)16-5-2-1-3-6-16/h1-9,14-15H,10-13H2. The summed E-state index contributed by atoms with van der Waals surface area (Å²) in [6, 6.07) is 13.1. The molecule has 1 aliphatic rings. The summed E-state index contributed by atoms with van der Waals surface area (Å²) in [5, 5.41) is 0. The van der Waals surface area contributed by atoms with Crippen molar-refractivity contribution >= 4 is 17.5 Å². The lowest BCUT2D eigenvalue weighted by molar-refractivity contribution is 0.0515. The van der Waals surface area contributed by atoms with E-state index in [0.29, 0.717) is 43.3 Å². The van der Waals surface area contributed by atoms with Crippen molar-refractivity contribution in [1.29, 1.82) is 0 Å². The summed E-state index contributed by atoms with van der Waals surface area (Å²) in [6.07, 6.45) is 6.69. The number of furan rings is 1. The fourth-order valence-corrected chi connectivity index (χ4v) is 3.65. The summed E-state index contributed by atoms with van der Waals surface area (Å²) in [5.74, 6) is 0.0114. The minimum Gasteiger partial charge on any atom is -0.459 e. The maximum absolute atomic E-state index is 13.0. The van der Waals surface area contributed by atoms with Crippen LogP contribution in [-0.2, 0) is 0 Å². The summed E-state index contributed by atoms with van der Waals surface area (Å²) in [7, 11) is 0. The van der Waals surface area contributed by atoms with E-state index in [1.807, 2.05) is 34.7 Å². The number of piperazine rings is 1. The van der Waals surface area contributed by atoms with Gasteiger partial charge in [-0.3, -0.25) is 14.6 Å². The molecule has 4 aromatic rings. The van der Waals surface area contributed by atoms with E-state index in [2.05, 4.69) is 9.97 Å². The number of carbonyl (C=O) groups is 2. The maximum atomic E-state index is 13.0. The molecule has 1 fully saturated rings. The number of amides is 2. The Bertz CT molecular complexity index is 1190. The third-order valence-electron chi connectivity index (χ3n) is 5.23. The number of benzene rings is 1. The highest BCUT2D eigenvalue weighted by molar-refractivity contribution is 5.94. The van der Waals surface area contributed by atoms with Crippen LogP contribution in [0, 0.1) is 0 Å². The largest absolute Gasteiger partial charge is 0.459 e. The van der Waals surface area contributed by atoms with Gasteiger partial charge in [0.15, 0.2) is 11.4 Å². The molecule has 8 nitrogen and oxygen atoms in total. The topological polar surface area (TPSA) is 84.0 Å². The Morgan fingerprint density at radius 1 is 0.900 bits per heavy atom. The molecule has 0 bridgehead atoms. The van der Waals surface area contributed by atoms with Gasteiger partial charge < -0.3 is 18.6 Å². The number of hydrogen-bond acceptors (Lipinski definition) is 5. The third-order valence-corrected chi connectivity index (χ3v) is 5.23. The first-order valence-electron chi connectivity index (χ1n) is 9.72. The molecule has 1 saturated heterocycles. The Labute approximate surface area is 172 Å². The predicted octanol–water partition coefficient (Wildman–Crippen LogP) is 2.59. The molecule has 150 valence electrons. The average Bonchev–Trinajstić information content (AvgIpc) is 3.49. The Morgan fingerprint density at radius 3 is 2.33 bits per heavy atom. The second-order valence-electron chi connectivity index (χ2n) is 7.06. The fourth-order valence-electron chi connectivity index (χ4n) is 3.65. The fraction of sp³-hybridized carbons (Fsp3) is 0.182. The molecule has 0 N–H and O–H groups in total. The zero-order chi connectivity index (χ0) is 20.5. The Kier molecular flexibility index (Phi) is 4.51. The predicted molar refractivity (Wildman–Crippen MR) is 109 cm³/mol. The van der Waals surface area contributed by atoms with E-state index < -0.39 is 0 Å². The van der Waals surface area contributed by atoms with Gasteiger partial charge in [-0.25, -0.2) is 4.98 Å². The van der Waals surface area contributed by atoms with E-state index in [4.69, 9.17) is 4.42 Å². The first-order valence-corrected chi connectivity index (χ1v) is 9.72. The molecule has 0 aliphatic carbocycles. The molecule has 8 heteroatoms. The van der Waals surface area contributed by atoms with Crippen LogP contribution in [0.1, 0.15) is 21.0 Å². The molecule has 4 heterocycles. The van der Waals surface area contributed by atoms with Crippen LogP contribution in [0.3, 0.4) is 0 Å². The van der Waals surface area contributed by atoms with Gasteiger partial charge in [0, 0.05) is 50.3 Å². The quantitative estimate of drug-likeness (QED) is 0.527. The first kappa shape index (κ1) is 18.1. The van der Waals surface area contributed by atoms with Gasteiger partial charge in [0.2, 0.25) is 0 Å². The van der Waals surface area contributed by atoms with Crippen LogP contribution in [-0.4, -0.2) is 62.2 Å². The van der Waals surface area contributed by atoms with E-state index in [9.17, 15) is 9.59 Å². The van der Waals surface area contributed by atoms with Crippen molar-refractivity contribution in [1.82, 2.24) is 24.2 Å². The molecule has 0 spiro atoms. The summed E-state index contributed by atoms with van der Waals surface area (Å²) in [6.45, 7) is 1.80. The second-order valence-corrected chi connectivity index (χ2v) is 7.06. The lowest BCUT2D eigenvalue weighted by Crippen LogP contribution is -2.50. The third kappa shape index (κ3) is 3.22. The van der Waals surface area contributed by atoms with Crippen molar-refractivity contribution < 1.29 is 14.0 Å². The first-order chi connectivity index (χ1) is 14.7. The van der Waals surface area contributed by atoms with Gasteiger partial charge >= 0.3 is 0 Å². The van der Waals surface area contributed by atoms with Crippen LogP contribution in [0.2, 0.25) is 0 Å². The number of nitrogens with zero attached hydrogens (tertiary/aromatic N) is 5. The van der Waals surface area contributed by atoms with Crippen LogP contribution >= 0.6 is 0 Å². The van der Waals surface area contributed by atoms with E-state index >= 15 is 0 Å². The summed E-state index contributed by atoms with van der Waals surface area (Å²) in [5.41, 5.74) is 2.67. The molecule has 0 unspecified atom stereocenters. The van der Waals surface area contributed by atoms with Crippen LogP contribution in [0.5, 0.6) is 0 Å². The molecule has 5 rings (SSSR count). The Morgan fingerprint density at radius 2 is 1.63 bits per heavy atom. The highest BCUT2D eigenvalue weighted by Crippen LogP contribution is 2.22. The van der Waals surface area contributed by atoms with Gasteiger partial charge in [0.25, 0.3) is 11.8 Å². The van der Waals surface area contributed by atoms with E-state index in [1.54, 1.807) is 40.5 Å². The van der Waals surface area contributed by atoms with Crippen molar-refractivity contribution in [3.05, 3.63) is 78.8 Å². The zero-order valence-corrected chi connectivity index (χ0v) is 16.1. The minimum atomic E-state index is -0.154.